The highest BCUT2D eigenvalue weighted by Gasteiger charge is 2.31. The Bertz CT molecular complexity index is 608. The highest BCUT2D eigenvalue weighted by Crippen LogP contribution is 2.44. The van der Waals surface area contributed by atoms with Crippen LogP contribution in [0.25, 0.3) is 0 Å². The standard InChI is InChI=1S/C23H30FN/c1-2-17-3-7-19(8-4-17)21-11-13-22(14-12-21)20-9-5-18(6-10-20)15-23(24)16-25/h3-4,7-8,15,18,20-22H,2,5-6,9-14H2,1H3/t18-,20-,21-,22-. The summed E-state index contributed by atoms with van der Waals surface area (Å²) in [6, 6.07) is 10.9. The predicted molar refractivity (Wildman–Crippen MR) is 101 cm³/mol. The molecular weight excluding hydrogens is 309 g/mol. The Morgan fingerprint density at radius 2 is 1.56 bits per heavy atom. The van der Waals surface area contributed by atoms with Crippen molar-refractivity contribution in [3.63, 3.8) is 0 Å². The fourth-order valence-corrected chi connectivity index (χ4v) is 4.98. The first kappa shape index (κ1) is 18.2. The van der Waals surface area contributed by atoms with Gasteiger partial charge in [0.05, 0.1) is 0 Å². The van der Waals surface area contributed by atoms with Gasteiger partial charge in [-0.3, -0.25) is 0 Å². The molecule has 2 aliphatic rings. The Morgan fingerprint density at radius 1 is 1.00 bits per heavy atom. The molecule has 0 amide bonds. The number of allylic oxidation sites excluding steroid dienone is 2. The smallest absolute Gasteiger partial charge is 0.195 e. The fourth-order valence-electron chi connectivity index (χ4n) is 4.98. The molecule has 2 heteroatoms. The maximum absolute atomic E-state index is 13.1. The van der Waals surface area contributed by atoms with E-state index in [2.05, 4.69) is 31.2 Å². The molecule has 0 saturated heterocycles. The van der Waals surface area contributed by atoms with Gasteiger partial charge in [-0.05, 0) is 98.7 Å². The van der Waals surface area contributed by atoms with Crippen LogP contribution in [0.4, 0.5) is 4.39 Å². The summed E-state index contributed by atoms with van der Waals surface area (Å²) in [7, 11) is 0. The lowest BCUT2D eigenvalue weighted by Crippen LogP contribution is -2.25. The van der Waals surface area contributed by atoms with Crippen LogP contribution in [0.3, 0.4) is 0 Å². The van der Waals surface area contributed by atoms with Gasteiger partial charge in [-0.15, -0.1) is 0 Å². The van der Waals surface area contributed by atoms with E-state index in [1.54, 1.807) is 12.1 Å². The van der Waals surface area contributed by atoms with E-state index in [1.807, 2.05) is 0 Å². The van der Waals surface area contributed by atoms with Gasteiger partial charge in [-0.2, -0.15) is 9.65 Å². The molecule has 0 heterocycles. The van der Waals surface area contributed by atoms with Gasteiger partial charge in [0.1, 0.15) is 6.07 Å². The van der Waals surface area contributed by atoms with Crippen molar-refractivity contribution >= 4 is 0 Å². The van der Waals surface area contributed by atoms with Gasteiger partial charge < -0.3 is 0 Å². The molecular formula is C23H30FN. The van der Waals surface area contributed by atoms with Crippen LogP contribution in [-0.4, -0.2) is 0 Å². The molecule has 1 nitrogen and oxygen atoms in total. The molecule has 25 heavy (non-hydrogen) atoms. The van der Waals surface area contributed by atoms with Crippen molar-refractivity contribution in [3.05, 3.63) is 47.3 Å². The summed E-state index contributed by atoms with van der Waals surface area (Å²) in [5.74, 6) is 2.10. The van der Waals surface area contributed by atoms with E-state index >= 15 is 0 Å². The highest BCUT2D eigenvalue weighted by atomic mass is 19.1. The maximum atomic E-state index is 13.1. The Morgan fingerprint density at radius 3 is 2.08 bits per heavy atom. The summed E-state index contributed by atoms with van der Waals surface area (Å²) in [5.41, 5.74) is 2.95. The second-order valence-corrected chi connectivity index (χ2v) is 8.01. The number of nitriles is 1. The van der Waals surface area contributed by atoms with E-state index in [4.69, 9.17) is 5.26 Å². The minimum Gasteiger partial charge on any atom is -0.195 e. The molecule has 0 N–H and O–H groups in total. The van der Waals surface area contributed by atoms with Crippen molar-refractivity contribution in [1.29, 1.82) is 5.26 Å². The van der Waals surface area contributed by atoms with Gasteiger partial charge in [0.25, 0.3) is 0 Å². The summed E-state index contributed by atoms with van der Waals surface area (Å²) in [4.78, 5) is 0. The van der Waals surface area contributed by atoms with Crippen LogP contribution in [0, 0.1) is 29.1 Å². The van der Waals surface area contributed by atoms with Crippen molar-refractivity contribution in [2.45, 2.75) is 70.6 Å². The second kappa shape index (κ2) is 8.65. The summed E-state index contributed by atoms with van der Waals surface area (Å²) >= 11 is 0. The molecule has 2 fully saturated rings. The second-order valence-electron chi connectivity index (χ2n) is 8.01. The molecule has 0 radical (unpaired) electrons. The largest absolute Gasteiger partial charge is 0.196 e. The number of rotatable bonds is 4. The highest BCUT2D eigenvalue weighted by molar-refractivity contribution is 5.25. The number of halogens is 1. The first-order valence-corrected chi connectivity index (χ1v) is 10.1. The van der Waals surface area contributed by atoms with Crippen LogP contribution < -0.4 is 0 Å². The van der Waals surface area contributed by atoms with Crippen molar-refractivity contribution in [3.8, 4) is 6.07 Å². The lowest BCUT2D eigenvalue weighted by atomic mass is 9.68. The zero-order chi connectivity index (χ0) is 17.6. The molecule has 0 unspecified atom stereocenters. The van der Waals surface area contributed by atoms with Crippen molar-refractivity contribution < 1.29 is 4.39 Å². The summed E-state index contributed by atoms with van der Waals surface area (Å²) in [6.45, 7) is 2.21. The van der Waals surface area contributed by atoms with Crippen LogP contribution in [-0.2, 0) is 6.42 Å². The molecule has 1 aromatic carbocycles. The zero-order valence-corrected chi connectivity index (χ0v) is 15.4. The van der Waals surface area contributed by atoms with Crippen molar-refractivity contribution in [1.82, 2.24) is 0 Å². The minimum absolute atomic E-state index is 0.282. The molecule has 0 aromatic heterocycles. The van der Waals surface area contributed by atoms with Gasteiger partial charge in [0, 0.05) is 0 Å². The third-order valence-corrected chi connectivity index (χ3v) is 6.60. The topological polar surface area (TPSA) is 23.8 Å². The van der Waals surface area contributed by atoms with Crippen LogP contribution in [0.2, 0.25) is 0 Å². The van der Waals surface area contributed by atoms with Gasteiger partial charge >= 0.3 is 0 Å². The lowest BCUT2D eigenvalue weighted by molar-refractivity contribution is 0.171. The minimum atomic E-state index is -0.599. The Balaban J connectivity index is 1.47. The fraction of sp³-hybridized carbons (Fsp3) is 0.609. The average molecular weight is 339 g/mol. The van der Waals surface area contributed by atoms with E-state index in [0.29, 0.717) is 0 Å². The van der Waals surface area contributed by atoms with Crippen molar-refractivity contribution in [2.24, 2.45) is 17.8 Å². The first-order chi connectivity index (χ1) is 12.2. The maximum Gasteiger partial charge on any atom is 0.196 e. The van der Waals surface area contributed by atoms with Crippen LogP contribution >= 0.6 is 0 Å². The zero-order valence-electron chi connectivity index (χ0n) is 15.4. The van der Waals surface area contributed by atoms with Crippen LogP contribution in [0.1, 0.15) is 75.3 Å². The third-order valence-electron chi connectivity index (χ3n) is 6.60. The SMILES string of the molecule is CCc1ccc([C@H]2CC[C@H]([C@H]3CC[C@H](C=C(F)C#N)CC3)CC2)cc1. The molecule has 134 valence electrons. The number of hydrogen-bond donors (Lipinski definition) is 0. The third kappa shape index (κ3) is 4.72. The Kier molecular flexibility index (Phi) is 6.29. The lowest BCUT2D eigenvalue weighted by Gasteiger charge is -2.37. The molecule has 1 aromatic rings. The Labute approximate surface area is 151 Å². The van der Waals surface area contributed by atoms with Crippen molar-refractivity contribution in [2.75, 3.05) is 0 Å². The molecule has 2 aliphatic carbocycles. The van der Waals surface area contributed by atoms with Gasteiger partial charge in [-0.25, -0.2) is 0 Å². The van der Waals surface area contributed by atoms with Gasteiger partial charge in [-0.1, -0.05) is 31.2 Å². The molecule has 0 aliphatic heterocycles. The number of nitrogens with zero attached hydrogens (tertiary/aromatic N) is 1. The van der Waals surface area contributed by atoms with Gasteiger partial charge in [0.2, 0.25) is 0 Å². The summed E-state index contributed by atoms with van der Waals surface area (Å²) in [6.07, 6.45) is 12.5. The normalized spacial score (nSPS) is 30.7. The molecule has 0 atom stereocenters. The van der Waals surface area contributed by atoms with E-state index < -0.39 is 5.83 Å². The molecule has 3 rings (SSSR count). The van der Waals surface area contributed by atoms with E-state index in [1.165, 1.54) is 49.7 Å². The Hall–Kier alpha value is -1.62. The van der Waals surface area contributed by atoms with Gasteiger partial charge in [0.15, 0.2) is 5.83 Å². The monoisotopic (exact) mass is 339 g/mol. The first-order valence-electron chi connectivity index (χ1n) is 10.1. The summed E-state index contributed by atoms with van der Waals surface area (Å²) < 4.78 is 13.1. The van der Waals surface area contributed by atoms with E-state index in [0.717, 1.165) is 37.0 Å². The number of benzene rings is 1. The number of hydrogen-bond acceptors (Lipinski definition) is 1. The number of aryl methyl sites for hydroxylation is 1. The average Bonchev–Trinajstić information content (AvgIpc) is 2.69. The van der Waals surface area contributed by atoms with E-state index in [-0.39, 0.29) is 5.92 Å². The van der Waals surface area contributed by atoms with E-state index in [9.17, 15) is 4.39 Å². The quantitative estimate of drug-likeness (QED) is 0.559. The van der Waals surface area contributed by atoms with Crippen LogP contribution in [0.5, 0.6) is 0 Å². The summed E-state index contributed by atoms with van der Waals surface area (Å²) in [5, 5.41) is 8.58. The van der Waals surface area contributed by atoms with Crippen LogP contribution in [0.15, 0.2) is 36.2 Å². The predicted octanol–water partition coefficient (Wildman–Crippen LogP) is 6.71. The molecule has 2 saturated carbocycles. The molecule has 0 spiro atoms. The molecule has 0 bridgehead atoms.